The predicted octanol–water partition coefficient (Wildman–Crippen LogP) is 3.91. The van der Waals surface area contributed by atoms with Gasteiger partial charge in [0.2, 0.25) is 0 Å². The van der Waals surface area contributed by atoms with Crippen molar-refractivity contribution >= 4 is 44.6 Å². The highest BCUT2D eigenvalue weighted by atomic mass is 35.5. The molecular weight excluding hydrogens is 474 g/mol. The van der Waals surface area contributed by atoms with Crippen LogP contribution in [-0.2, 0) is 16.0 Å². The Hall–Kier alpha value is -2.44. The van der Waals surface area contributed by atoms with Gasteiger partial charge in [0.25, 0.3) is 11.6 Å². The van der Waals surface area contributed by atoms with Gasteiger partial charge in [-0.15, -0.1) is 0 Å². The molecule has 1 N–H and O–H groups in total. The molecule has 2 rings (SSSR count). The Morgan fingerprint density at radius 2 is 1.87 bits per heavy atom. The number of non-ortho nitro benzene ring substituents is 1. The Morgan fingerprint density at radius 3 is 2.43 bits per heavy atom. The second kappa shape index (κ2) is 9.14. The number of alkyl halides is 3. The van der Waals surface area contributed by atoms with Crippen LogP contribution in [0, 0.1) is 10.1 Å². The highest BCUT2D eigenvalue weighted by Gasteiger charge is 2.33. The predicted molar refractivity (Wildman–Crippen MR) is 101 cm³/mol. The maximum absolute atomic E-state index is 12.6. The number of hydrogen-bond acceptors (Lipinski definition) is 6. The minimum absolute atomic E-state index is 0.0357. The summed E-state index contributed by atoms with van der Waals surface area (Å²) in [6.45, 7) is -0.157. The van der Waals surface area contributed by atoms with E-state index in [9.17, 15) is 36.5 Å². The SMILES string of the molecule is O=C(NCCCS(=O)(=O)c1ncc(C(F)(F)F)cc1Cl)c1cc([N+](=O)[O-])ccc1Cl. The van der Waals surface area contributed by atoms with Gasteiger partial charge in [-0.1, -0.05) is 23.2 Å². The van der Waals surface area contributed by atoms with Gasteiger partial charge in [0.1, 0.15) is 0 Å². The highest BCUT2D eigenvalue weighted by Crippen LogP contribution is 2.32. The van der Waals surface area contributed by atoms with Gasteiger partial charge in [0.05, 0.1) is 31.8 Å². The third kappa shape index (κ3) is 5.80. The van der Waals surface area contributed by atoms with Crippen molar-refractivity contribution in [3.05, 3.63) is 61.7 Å². The van der Waals surface area contributed by atoms with Crippen molar-refractivity contribution < 1.29 is 31.3 Å². The third-order valence-electron chi connectivity index (χ3n) is 3.71. The van der Waals surface area contributed by atoms with Crippen molar-refractivity contribution in [2.45, 2.75) is 17.6 Å². The van der Waals surface area contributed by atoms with E-state index in [0.29, 0.717) is 12.3 Å². The van der Waals surface area contributed by atoms with Crippen LogP contribution in [0.5, 0.6) is 0 Å². The monoisotopic (exact) mass is 485 g/mol. The van der Waals surface area contributed by atoms with Crippen molar-refractivity contribution in [3.8, 4) is 0 Å². The van der Waals surface area contributed by atoms with Crippen LogP contribution >= 0.6 is 23.2 Å². The van der Waals surface area contributed by atoms with Crippen molar-refractivity contribution in [1.82, 2.24) is 10.3 Å². The first kappa shape index (κ1) is 23.8. The summed E-state index contributed by atoms with van der Waals surface area (Å²) in [6, 6.07) is 3.73. The lowest BCUT2D eigenvalue weighted by molar-refractivity contribution is -0.384. The summed E-state index contributed by atoms with van der Waals surface area (Å²) in [5.74, 6) is -1.32. The lowest BCUT2D eigenvalue weighted by Gasteiger charge is -2.10. The Morgan fingerprint density at radius 1 is 1.20 bits per heavy atom. The van der Waals surface area contributed by atoms with E-state index in [4.69, 9.17) is 23.2 Å². The lowest BCUT2D eigenvalue weighted by atomic mass is 10.2. The molecule has 0 radical (unpaired) electrons. The number of sulfone groups is 1. The zero-order chi connectivity index (χ0) is 22.7. The Balaban J connectivity index is 2.01. The standard InChI is InChI=1S/C16H12Cl2F3N3O5S/c17-12-3-2-10(24(26)27)7-11(12)14(25)22-4-1-5-30(28,29)15-13(18)6-9(8-23-15)16(19,20)21/h2-3,6-8H,1,4-5H2,(H,22,25). The first-order chi connectivity index (χ1) is 13.8. The fourth-order valence-corrected chi connectivity index (χ4v) is 4.28. The van der Waals surface area contributed by atoms with Gasteiger partial charge in [0, 0.05) is 24.9 Å². The summed E-state index contributed by atoms with van der Waals surface area (Å²) in [5, 5.41) is 11.7. The average Bonchev–Trinajstić information content (AvgIpc) is 2.64. The average molecular weight is 486 g/mol. The zero-order valence-corrected chi connectivity index (χ0v) is 17.1. The van der Waals surface area contributed by atoms with Gasteiger partial charge in [-0.05, 0) is 18.6 Å². The Labute approximate surface area is 178 Å². The number of halogens is 5. The van der Waals surface area contributed by atoms with Gasteiger partial charge in [0.15, 0.2) is 14.9 Å². The van der Waals surface area contributed by atoms with Crippen LogP contribution in [0.15, 0.2) is 35.5 Å². The smallest absolute Gasteiger partial charge is 0.352 e. The van der Waals surface area contributed by atoms with E-state index < -0.39 is 48.2 Å². The van der Waals surface area contributed by atoms with Crippen LogP contribution in [-0.4, -0.2) is 36.5 Å². The van der Waals surface area contributed by atoms with Crippen LogP contribution in [0.1, 0.15) is 22.3 Å². The van der Waals surface area contributed by atoms with Gasteiger partial charge >= 0.3 is 6.18 Å². The number of aromatic nitrogens is 1. The molecule has 0 saturated heterocycles. The number of amides is 1. The van der Waals surface area contributed by atoms with Crippen LogP contribution in [0.4, 0.5) is 18.9 Å². The number of nitro benzene ring substituents is 1. The van der Waals surface area contributed by atoms with Gasteiger partial charge < -0.3 is 5.32 Å². The number of benzene rings is 1. The minimum atomic E-state index is -4.73. The summed E-state index contributed by atoms with van der Waals surface area (Å²) in [5.41, 5.74) is -1.70. The molecule has 14 heteroatoms. The number of pyridine rings is 1. The second-order valence-corrected chi connectivity index (χ2v) is 8.70. The zero-order valence-electron chi connectivity index (χ0n) is 14.7. The molecule has 0 unspecified atom stereocenters. The molecule has 0 aliphatic rings. The molecule has 8 nitrogen and oxygen atoms in total. The Bertz CT molecular complexity index is 1090. The number of nitrogens with one attached hydrogen (secondary N) is 1. The fraction of sp³-hybridized carbons (Fsp3) is 0.250. The summed E-state index contributed by atoms with van der Waals surface area (Å²) in [6.07, 6.45) is -4.48. The molecule has 2 aromatic rings. The van der Waals surface area contributed by atoms with Gasteiger partial charge in [-0.25, -0.2) is 13.4 Å². The molecule has 30 heavy (non-hydrogen) atoms. The van der Waals surface area contributed by atoms with Crippen molar-refractivity contribution in [1.29, 1.82) is 0 Å². The first-order valence-electron chi connectivity index (χ1n) is 8.00. The molecule has 0 atom stereocenters. The lowest BCUT2D eigenvalue weighted by Crippen LogP contribution is -2.26. The number of hydrogen-bond donors (Lipinski definition) is 1. The van der Waals surface area contributed by atoms with E-state index >= 15 is 0 Å². The van der Waals surface area contributed by atoms with Crippen molar-refractivity contribution in [3.63, 3.8) is 0 Å². The maximum atomic E-state index is 12.6. The molecular formula is C16H12Cl2F3N3O5S. The van der Waals surface area contributed by atoms with Gasteiger partial charge in [-0.2, -0.15) is 13.2 Å². The Kier molecular flexibility index (Phi) is 7.27. The van der Waals surface area contributed by atoms with Gasteiger partial charge in [-0.3, -0.25) is 14.9 Å². The molecule has 0 spiro atoms. The van der Waals surface area contributed by atoms with E-state index in [-0.39, 0.29) is 29.2 Å². The van der Waals surface area contributed by atoms with Crippen LogP contribution in [0.3, 0.4) is 0 Å². The van der Waals surface area contributed by atoms with Crippen LogP contribution in [0.2, 0.25) is 10.0 Å². The van der Waals surface area contributed by atoms with E-state index in [2.05, 4.69) is 10.3 Å². The minimum Gasteiger partial charge on any atom is -0.352 e. The number of carbonyl (C=O) groups is 1. The molecule has 1 heterocycles. The molecule has 0 bridgehead atoms. The molecule has 1 aromatic heterocycles. The van der Waals surface area contributed by atoms with E-state index in [1.807, 2.05) is 0 Å². The van der Waals surface area contributed by atoms with Crippen LogP contribution < -0.4 is 5.32 Å². The molecule has 0 aliphatic carbocycles. The summed E-state index contributed by atoms with van der Waals surface area (Å²) in [4.78, 5) is 25.5. The molecule has 0 fully saturated rings. The molecule has 162 valence electrons. The number of nitro groups is 1. The summed E-state index contributed by atoms with van der Waals surface area (Å²) >= 11 is 11.5. The molecule has 0 aliphatic heterocycles. The molecule has 1 aromatic carbocycles. The maximum Gasteiger partial charge on any atom is 0.417 e. The quantitative estimate of drug-likeness (QED) is 0.360. The van der Waals surface area contributed by atoms with Crippen molar-refractivity contribution in [2.75, 3.05) is 12.3 Å². The van der Waals surface area contributed by atoms with E-state index in [1.54, 1.807) is 0 Å². The molecule has 0 saturated carbocycles. The summed E-state index contributed by atoms with van der Waals surface area (Å²) < 4.78 is 62.4. The van der Waals surface area contributed by atoms with E-state index in [0.717, 1.165) is 12.1 Å². The third-order valence-corrected chi connectivity index (χ3v) is 6.18. The highest BCUT2D eigenvalue weighted by molar-refractivity contribution is 7.91. The topological polar surface area (TPSA) is 119 Å². The number of carbonyl (C=O) groups excluding carboxylic acids is 1. The fourth-order valence-electron chi connectivity index (χ4n) is 2.27. The van der Waals surface area contributed by atoms with Crippen LogP contribution in [0.25, 0.3) is 0 Å². The first-order valence-corrected chi connectivity index (χ1v) is 10.4. The number of nitrogens with zero attached hydrogens (tertiary/aromatic N) is 2. The van der Waals surface area contributed by atoms with Crippen molar-refractivity contribution in [2.24, 2.45) is 0 Å². The largest absolute Gasteiger partial charge is 0.417 e. The normalized spacial score (nSPS) is 11.9. The molecule has 1 amide bonds. The van der Waals surface area contributed by atoms with E-state index in [1.165, 1.54) is 6.07 Å². The summed E-state index contributed by atoms with van der Waals surface area (Å²) in [7, 11) is -4.12. The number of rotatable bonds is 7. The second-order valence-electron chi connectivity index (χ2n) is 5.86.